The number of nitrogens with one attached hydrogen (secondary N) is 1. The van der Waals surface area contributed by atoms with Crippen molar-refractivity contribution in [3.8, 4) is 0 Å². The van der Waals surface area contributed by atoms with Gasteiger partial charge in [0.25, 0.3) is 0 Å². The van der Waals surface area contributed by atoms with E-state index in [9.17, 15) is 0 Å². The SMILES string of the molecule is CC1CC(C)CN(CCNCC2CCCO2)C1. The molecule has 0 radical (unpaired) electrons. The molecule has 0 aromatic carbocycles. The van der Waals surface area contributed by atoms with E-state index in [1.807, 2.05) is 0 Å². The van der Waals surface area contributed by atoms with Crippen molar-refractivity contribution in [2.24, 2.45) is 11.8 Å². The minimum atomic E-state index is 0.481. The molecule has 3 nitrogen and oxygen atoms in total. The van der Waals surface area contributed by atoms with E-state index in [-0.39, 0.29) is 0 Å². The molecule has 2 fully saturated rings. The zero-order valence-electron chi connectivity index (χ0n) is 11.5. The molecule has 3 heteroatoms. The summed E-state index contributed by atoms with van der Waals surface area (Å²) < 4.78 is 5.60. The summed E-state index contributed by atoms with van der Waals surface area (Å²) in [5.74, 6) is 1.74. The van der Waals surface area contributed by atoms with Crippen molar-refractivity contribution in [3.05, 3.63) is 0 Å². The highest BCUT2D eigenvalue weighted by Gasteiger charge is 2.21. The largest absolute Gasteiger partial charge is 0.377 e. The van der Waals surface area contributed by atoms with Crippen LogP contribution in [0.1, 0.15) is 33.1 Å². The van der Waals surface area contributed by atoms with Crippen LogP contribution >= 0.6 is 0 Å². The molecule has 0 bridgehead atoms. The van der Waals surface area contributed by atoms with Gasteiger partial charge in [-0.05, 0) is 31.1 Å². The number of piperidine rings is 1. The maximum Gasteiger partial charge on any atom is 0.0700 e. The van der Waals surface area contributed by atoms with Gasteiger partial charge >= 0.3 is 0 Å². The summed E-state index contributed by atoms with van der Waals surface area (Å²) >= 11 is 0. The van der Waals surface area contributed by atoms with Gasteiger partial charge in [-0.15, -0.1) is 0 Å². The highest BCUT2D eigenvalue weighted by Crippen LogP contribution is 2.20. The fraction of sp³-hybridized carbons (Fsp3) is 1.00. The van der Waals surface area contributed by atoms with Gasteiger partial charge in [-0.3, -0.25) is 0 Å². The molecule has 0 spiro atoms. The predicted octanol–water partition coefficient (Wildman–Crippen LogP) is 1.73. The standard InChI is InChI=1S/C14H28N2O/c1-12-8-13(2)11-16(10-12)6-5-15-9-14-4-3-7-17-14/h12-15H,3-11H2,1-2H3. The van der Waals surface area contributed by atoms with Crippen LogP contribution in [-0.2, 0) is 4.74 Å². The molecule has 17 heavy (non-hydrogen) atoms. The van der Waals surface area contributed by atoms with Gasteiger partial charge in [0.05, 0.1) is 6.10 Å². The summed E-state index contributed by atoms with van der Waals surface area (Å²) in [4.78, 5) is 2.61. The second-order valence-electron chi connectivity index (χ2n) is 6.04. The molecule has 2 heterocycles. The average Bonchev–Trinajstić information content (AvgIpc) is 2.76. The first-order chi connectivity index (χ1) is 8.24. The molecule has 2 aliphatic heterocycles. The lowest BCUT2D eigenvalue weighted by Crippen LogP contribution is -2.42. The predicted molar refractivity (Wildman–Crippen MR) is 71.2 cm³/mol. The summed E-state index contributed by atoms with van der Waals surface area (Å²) in [5.41, 5.74) is 0. The number of ether oxygens (including phenoxy) is 1. The first-order valence-electron chi connectivity index (χ1n) is 7.28. The van der Waals surface area contributed by atoms with Crippen molar-refractivity contribution < 1.29 is 4.74 Å². The fourth-order valence-electron chi connectivity index (χ4n) is 3.28. The van der Waals surface area contributed by atoms with Crippen molar-refractivity contribution >= 4 is 0 Å². The smallest absolute Gasteiger partial charge is 0.0700 e. The second-order valence-corrected chi connectivity index (χ2v) is 6.04. The second kappa shape index (κ2) is 6.72. The van der Waals surface area contributed by atoms with Crippen LogP contribution < -0.4 is 5.32 Å². The van der Waals surface area contributed by atoms with Crippen LogP contribution in [0.3, 0.4) is 0 Å². The Bertz CT molecular complexity index is 206. The highest BCUT2D eigenvalue weighted by molar-refractivity contribution is 4.75. The van der Waals surface area contributed by atoms with Crippen molar-refractivity contribution in [1.82, 2.24) is 10.2 Å². The number of hydrogen-bond acceptors (Lipinski definition) is 3. The van der Waals surface area contributed by atoms with E-state index < -0.39 is 0 Å². The van der Waals surface area contributed by atoms with Gasteiger partial charge in [0.2, 0.25) is 0 Å². The topological polar surface area (TPSA) is 24.5 Å². The summed E-state index contributed by atoms with van der Waals surface area (Å²) in [6, 6.07) is 0. The molecule has 1 N–H and O–H groups in total. The van der Waals surface area contributed by atoms with Crippen molar-refractivity contribution in [3.63, 3.8) is 0 Å². The average molecular weight is 240 g/mol. The number of hydrogen-bond donors (Lipinski definition) is 1. The molecule has 3 unspecified atom stereocenters. The van der Waals surface area contributed by atoms with Crippen LogP contribution in [0.5, 0.6) is 0 Å². The molecule has 0 amide bonds. The summed E-state index contributed by atoms with van der Waals surface area (Å²) in [7, 11) is 0. The number of likely N-dealkylation sites (tertiary alicyclic amines) is 1. The van der Waals surface area contributed by atoms with Crippen LogP contribution in [0.4, 0.5) is 0 Å². The van der Waals surface area contributed by atoms with Gasteiger partial charge in [0, 0.05) is 39.3 Å². The van der Waals surface area contributed by atoms with E-state index in [1.165, 1.54) is 38.9 Å². The molecular formula is C14H28N2O. The van der Waals surface area contributed by atoms with E-state index >= 15 is 0 Å². The van der Waals surface area contributed by atoms with E-state index in [0.717, 1.165) is 31.5 Å². The summed E-state index contributed by atoms with van der Waals surface area (Å²) in [5, 5.41) is 3.54. The Labute approximate surface area is 106 Å². The highest BCUT2D eigenvalue weighted by atomic mass is 16.5. The van der Waals surface area contributed by atoms with Gasteiger partial charge < -0.3 is 15.0 Å². The van der Waals surface area contributed by atoms with Gasteiger partial charge in [-0.2, -0.15) is 0 Å². The van der Waals surface area contributed by atoms with Gasteiger partial charge in [-0.25, -0.2) is 0 Å². The summed E-state index contributed by atoms with van der Waals surface area (Å²) in [6.07, 6.45) is 4.37. The van der Waals surface area contributed by atoms with E-state index in [0.29, 0.717) is 6.10 Å². The Morgan fingerprint density at radius 3 is 2.65 bits per heavy atom. The lowest BCUT2D eigenvalue weighted by Gasteiger charge is -2.35. The monoisotopic (exact) mass is 240 g/mol. The first-order valence-corrected chi connectivity index (χ1v) is 7.28. The molecule has 0 aromatic rings. The van der Waals surface area contributed by atoms with Crippen molar-refractivity contribution in [1.29, 1.82) is 0 Å². The molecule has 0 aliphatic carbocycles. The Morgan fingerprint density at radius 2 is 2.00 bits per heavy atom. The Balaban J connectivity index is 1.54. The zero-order valence-corrected chi connectivity index (χ0v) is 11.5. The van der Waals surface area contributed by atoms with E-state index in [1.54, 1.807) is 0 Å². The van der Waals surface area contributed by atoms with Gasteiger partial charge in [0.15, 0.2) is 0 Å². The molecule has 0 aromatic heterocycles. The van der Waals surface area contributed by atoms with Gasteiger partial charge in [-0.1, -0.05) is 13.8 Å². The van der Waals surface area contributed by atoms with Crippen molar-refractivity contribution in [2.75, 3.05) is 39.3 Å². The molecule has 2 saturated heterocycles. The number of rotatable bonds is 5. The number of nitrogens with zero attached hydrogens (tertiary/aromatic N) is 1. The maximum absolute atomic E-state index is 5.60. The fourth-order valence-corrected chi connectivity index (χ4v) is 3.28. The summed E-state index contributed by atoms with van der Waals surface area (Å²) in [6.45, 7) is 11.6. The quantitative estimate of drug-likeness (QED) is 0.741. The van der Waals surface area contributed by atoms with Crippen LogP contribution in [0, 0.1) is 11.8 Å². The Kier molecular flexibility index (Phi) is 5.26. The van der Waals surface area contributed by atoms with Crippen molar-refractivity contribution in [2.45, 2.75) is 39.2 Å². The molecule has 100 valence electrons. The zero-order chi connectivity index (χ0) is 12.1. The van der Waals surface area contributed by atoms with E-state index in [2.05, 4.69) is 24.1 Å². The van der Waals surface area contributed by atoms with Crippen LogP contribution in [0.2, 0.25) is 0 Å². The Hall–Kier alpha value is -0.120. The first kappa shape index (κ1) is 13.3. The third kappa shape index (κ3) is 4.57. The molecule has 0 saturated carbocycles. The van der Waals surface area contributed by atoms with Crippen LogP contribution in [0.15, 0.2) is 0 Å². The normalized spacial score (nSPS) is 35.3. The molecule has 2 rings (SSSR count). The third-order valence-corrected chi connectivity index (χ3v) is 3.95. The minimum Gasteiger partial charge on any atom is -0.377 e. The molecular weight excluding hydrogens is 212 g/mol. The minimum absolute atomic E-state index is 0.481. The van der Waals surface area contributed by atoms with Crippen LogP contribution in [-0.4, -0.2) is 50.3 Å². The van der Waals surface area contributed by atoms with Gasteiger partial charge in [0.1, 0.15) is 0 Å². The Morgan fingerprint density at radius 1 is 1.24 bits per heavy atom. The third-order valence-electron chi connectivity index (χ3n) is 3.95. The molecule has 2 aliphatic rings. The lowest BCUT2D eigenvalue weighted by molar-refractivity contribution is 0.106. The molecule has 3 atom stereocenters. The van der Waals surface area contributed by atoms with Crippen LogP contribution in [0.25, 0.3) is 0 Å². The lowest BCUT2D eigenvalue weighted by atomic mass is 9.92. The van der Waals surface area contributed by atoms with E-state index in [4.69, 9.17) is 4.74 Å². The maximum atomic E-state index is 5.60.